The number of hydrogen-bond donors (Lipinski definition) is 2. The predicted molar refractivity (Wildman–Crippen MR) is 395 cm³/mol. The molecule has 2 unspecified atom stereocenters. The zero-order chi connectivity index (χ0) is 65.8. The van der Waals surface area contributed by atoms with Gasteiger partial charge in [-0.15, -0.1) is 0 Å². The molecule has 10 heteroatoms. The molecular weight excluding hydrogens is 1150 g/mol. The molecule has 0 aromatic rings. The van der Waals surface area contributed by atoms with Gasteiger partial charge in [-0.3, -0.25) is 18.6 Å². The summed E-state index contributed by atoms with van der Waals surface area (Å²) >= 11 is 0. The van der Waals surface area contributed by atoms with E-state index in [1.165, 1.54) is 347 Å². The van der Waals surface area contributed by atoms with Gasteiger partial charge in [0, 0.05) is 19.4 Å². The van der Waals surface area contributed by atoms with E-state index in [0.717, 1.165) is 44.9 Å². The van der Waals surface area contributed by atoms with Gasteiger partial charge in [-0.05, 0) is 77.0 Å². The van der Waals surface area contributed by atoms with Gasteiger partial charge in [0.25, 0.3) is 0 Å². The standard InChI is InChI=1S/C81H154NO8P/c1-3-5-7-9-11-13-15-17-19-21-23-25-27-29-31-33-35-36-37-38-39-40-41-42-44-46-48-50-52-54-56-58-60-62-64-66-68-70-72-74-81(84)90-79(78-89-91(85,86)88-76-75-82)77-87-80(83)73-71-69-67-65-63-61-59-57-55-53-51-49-47-45-43-34-32-30-28-26-24-22-20-18-16-14-12-10-8-6-4-2/h15,17,21-24,27,29,79H,3-14,16,18-20,25-26,28,30-78,82H2,1-2H3,(H,85,86)/b17-15-,23-21-,24-22-,29-27-. The number of rotatable bonds is 77. The second kappa shape index (κ2) is 77.0. The molecule has 0 saturated heterocycles. The van der Waals surface area contributed by atoms with E-state index in [1.807, 2.05) is 0 Å². The van der Waals surface area contributed by atoms with Gasteiger partial charge >= 0.3 is 19.8 Å². The normalized spacial score (nSPS) is 13.1. The van der Waals surface area contributed by atoms with Crippen LogP contribution in [0.1, 0.15) is 425 Å². The molecule has 0 fully saturated rings. The van der Waals surface area contributed by atoms with Crippen molar-refractivity contribution in [2.24, 2.45) is 5.73 Å². The lowest BCUT2D eigenvalue weighted by Gasteiger charge is -2.19. The number of carbonyl (C=O) groups is 2. The highest BCUT2D eigenvalue weighted by atomic mass is 31.2. The maximum Gasteiger partial charge on any atom is 0.472 e. The first-order valence-electron chi connectivity index (χ1n) is 40.1. The van der Waals surface area contributed by atoms with Crippen LogP contribution in [0.15, 0.2) is 48.6 Å². The number of nitrogens with two attached hydrogens (primary N) is 1. The van der Waals surface area contributed by atoms with E-state index in [9.17, 15) is 19.0 Å². The van der Waals surface area contributed by atoms with Gasteiger partial charge in [0.15, 0.2) is 6.10 Å². The Morgan fingerprint density at radius 2 is 0.571 bits per heavy atom. The summed E-state index contributed by atoms with van der Waals surface area (Å²) in [7, 11) is -4.39. The SMILES string of the molecule is CCCCCCC/C=C\C/C=C\C/C=C\CCCCCCCCCCCCCCCCCCCCCCCCCCC(=O)OC(COC(=O)CCCCCCCCCCCCCCCCCCCCC/C=C\CCCCCCCCCC)COP(=O)(O)OCCN. The molecule has 0 heterocycles. The number of unbranched alkanes of at least 4 members (excludes halogenated alkanes) is 56. The molecule has 2 atom stereocenters. The van der Waals surface area contributed by atoms with Crippen molar-refractivity contribution in [2.45, 2.75) is 431 Å². The molecule has 0 aromatic heterocycles. The molecule has 0 aliphatic rings. The number of hydrogen-bond acceptors (Lipinski definition) is 8. The largest absolute Gasteiger partial charge is 0.472 e. The summed E-state index contributed by atoms with van der Waals surface area (Å²) in [5.41, 5.74) is 5.42. The van der Waals surface area contributed by atoms with Crippen molar-refractivity contribution >= 4 is 19.8 Å². The van der Waals surface area contributed by atoms with Crippen molar-refractivity contribution in [2.75, 3.05) is 26.4 Å². The molecule has 0 aliphatic carbocycles. The van der Waals surface area contributed by atoms with Gasteiger partial charge in [-0.25, -0.2) is 4.57 Å². The molecule has 0 radical (unpaired) electrons. The summed E-state index contributed by atoms with van der Waals surface area (Å²) in [6.45, 7) is 3.81. The van der Waals surface area contributed by atoms with E-state index in [-0.39, 0.29) is 38.6 Å². The highest BCUT2D eigenvalue weighted by molar-refractivity contribution is 7.47. The van der Waals surface area contributed by atoms with Crippen LogP contribution in [0.25, 0.3) is 0 Å². The number of esters is 2. The quantitative estimate of drug-likeness (QED) is 0.0264. The molecule has 0 rings (SSSR count). The summed E-state index contributed by atoms with van der Waals surface area (Å²) in [4.78, 5) is 35.5. The van der Waals surface area contributed by atoms with Crippen molar-refractivity contribution in [3.8, 4) is 0 Å². The second-order valence-corrected chi connectivity index (χ2v) is 28.7. The third-order valence-corrected chi connectivity index (χ3v) is 19.2. The molecule has 0 amide bonds. The summed E-state index contributed by atoms with van der Waals surface area (Å²) in [6, 6.07) is 0. The molecule has 91 heavy (non-hydrogen) atoms. The second-order valence-electron chi connectivity index (χ2n) is 27.3. The van der Waals surface area contributed by atoms with E-state index in [1.54, 1.807) is 0 Å². The van der Waals surface area contributed by atoms with Crippen molar-refractivity contribution in [1.82, 2.24) is 0 Å². The van der Waals surface area contributed by atoms with Crippen LogP contribution >= 0.6 is 7.82 Å². The molecule has 9 nitrogen and oxygen atoms in total. The van der Waals surface area contributed by atoms with Crippen molar-refractivity contribution in [3.05, 3.63) is 48.6 Å². The lowest BCUT2D eigenvalue weighted by atomic mass is 10.0. The molecule has 0 aromatic carbocycles. The number of phosphoric ester groups is 1. The topological polar surface area (TPSA) is 134 Å². The third-order valence-electron chi connectivity index (χ3n) is 18.2. The van der Waals surface area contributed by atoms with Crippen LogP contribution in [0.3, 0.4) is 0 Å². The lowest BCUT2D eigenvalue weighted by molar-refractivity contribution is -0.161. The highest BCUT2D eigenvalue weighted by Gasteiger charge is 2.26. The van der Waals surface area contributed by atoms with Crippen molar-refractivity contribution in [3.63, 3.8) is 0 Å². The average molecular weight is 1300 g/mol. The fourth-order valence-electron chi connectivity index (χ4n) is 12.2. The smallest absolute Gasteiger partial charge is 0.462 e. The number of ether oxygens (including phenoxy) is 2. The summed E-state index contributed by atoms with van der Waals surface area (Å²) < 4.78 is 33.3. The molecule has 0 spiro atoms. The summed E-state index contributed by atoms with van der Waals surface area (Å²) in [5.74, 6) is -0.802. The summed E-state index contributed by atoms with van der Waals surface area (Å²) in [6.07, 6.45) is 99.7. The monoisotopic (exact) mass is 1300 g/mol. The Morgan fingerprint density at radius 3 is 0.857 bits per heavy atom. The van der Waals surface area contributed by atoms with Gasteiger partial charge in [0.2, 0.25) is 0 Å². The maximum atomic E-state index is 12.8. The lowest BCUT2D eigenvalue weighted by Crippen LogP contribution is -2.29. The van der Waals surface area contributed by atoms with Crippen molar-refractivity contribution in [1.29, 1.82) is 0 Å². The fraction of sp³-hybridized carbons (Fsp3) is 0.877. The summed E-state index contributed by atoms with van der Waals surface area (Å²) in [5, 5.41) is 0. The molecular formula is C81H154NO8P. The Kier molecular flexibility index (Phi) is 75.3. The Labute approximate surface area is 566 Å². The molecule has 0 aliphatic heterocycles. The fourth-order valence-corrected chi connectivity index (χ4v) is 13.0. The van der Waals surface area contributed by atoms with Gasteiger partial charge in [-0.2, -0.15) is 0 Å². The van der Waals surface area contributed by atoms with Crippen molar-refractivity contribution < 1.29 is 37.6 Å². The average Bonchev–Trinajstić information content (AvgIpc) is 3.71. The highest BCUT2D eigenvalue weighted by Crippen LogP contribution is 2.43. The number of phosphoric acid groups is 1. The van der Waals surface area contributed by atoms with Gasteiger partial charge in [0.1, 0.15) is 6.61 Å². The molecule has 3 N–H and O–H groups in total. The van der Waals surface area contributed by atoms with Gasteiger partial charge in [-0.1, -0.05) is 383 Å². The first-order valence-corrected chi connectivity index (χ1v) is 41.6. The van der Waals surface area contributed by atoms with E-state index >= 15 is 0 Å². The minimum Gasteiger partial charge on any atom is -0.462 e. The predicted octanol–water partition coefficient (Wildman–Crippen LogP) is 26.8. The Morgan fingerprint density at radius 1 is 0.330 bits per heavy atom. The van der Waals surface area contributed by atoms with Crippen LogP contribution in [0.5, 0.6) is 0 Å². The number of carbonyl (C=O) groups excluding carboxylic acids is 2. The minimum atomic E-state index is -4.39. The maximum absolute atomic E-state index is 12.8. The first-order chi connectivity index (χ1) is 44.8. The van der Waals surface area contributed by atoms with E-state index in [0.29, 0.717) is 6.42 Å². The van der Waals surface area contributed by atoms with Crippen LogP contribution in [0.4, 0.5) is 0 Å². The molecule has 0 saturated carbocycles. The zero-order valence-electron chi connectivity index (χ0n) is 60.6. The first kappa shape index (κ1) is 89.0. The Hall–Kier alpha value is -2.03. The minimum absolute atomic E-state index is 0.0561. The van der Waals surface area contributed by atoms with E-state index in [2.05, 4.69) is 62.5 Å². The third kappa shape index (κ3) is 76.9. The Bertz CT molecular complexity index is 1630. The zero-order valence-corrected chi connectivity index (χ0v) is 61.5. The van der Waals surface area contributed by atoms with Crippen LogP contribution < -0.4 is 5.73 Å². The van der Waals surface area contributed by atoms with E-state index in [4.69, 9.17) is 24.3 Å². The Balaban J connectivity index is 3.75. The van der Waals surface area contributed by atoms with Crippen LogP contribution in [0.2, 0.25) is 0 Å². The molecule has 0 bridgehead atoms. The molecule has 536 valence electrons. The van der Waals surface area contributed by atoms with Gasteiger partial charge < -0.3 is 20.1 Å². The van der Waals surface area contributed by atoms with Gasteiger partial charge in [0.05, 0.1) is 13.2 Å². The van der Waals surface area contributed by atoms with Crippen LogP contribution in [0, 0.1) is 0 Å². The van der Waals surface area contributed by atoms with Crippen LogP contribution in [-0.2, 0) is 32.7 Å². The van der Waals surface area contributed by atoms with Crippen LogP contribution in [-0.4, -0.2) is 49.3 Å². The van der Waals surface area contributed by atoms with E-state index < -0.39 is 26.5 Å². The number of allylic oxidation sites excluding steroid dienone is 8.